The lowest BCUT2D eigenvalue weighted by Gasteiger charge is -2.32. The highest BCUT2D eigenvalue weighted by atomic mass is 32.2. The van der Waals surface area contributed by atoms with Crippen LogP contribution in [0.3, 0.4) is 0 Å². The lowest BCUT2D eigenvalue weighted by Crippen LogP contribution is -2.38. The van der Waals surface area contributed by atoms with Crippen LogP contribution in [0.1, 0.15) is 31.2 Å². The van der Waals surface area contributed by atoms with Gasteiger partial charge >= 0.3 is 0 Å². The number of thioether (sulfide) groups is 1. The molecule has 0 aromatic heterocycles. The van der Waals surface area contributed by atoms with Gasteiger partial charge in [0.15, 0.2) is 5.17 Å². The van der Waals surface area contributed by atoms with Crippen LogP contribution in [-0.4, -0.2) is 27.1 Å². The number of non-ortho nitro benzene ring substituents is 1. The molecule has 2 aliphatic heterocycles. The Morgan fingerprint density at radius 2 is 2.19 bits per heavy atom. The largest absolute Gasteiger partial charge is 0.315 e. The summed E-state index contributed by atoms with van der Waals surface area (Å²) >= 11 is 1.64. The fourth-order valence-electron chi connectivity index (χ4n) is 3.41. The first kappa shape index (κ1) is 12.9. The Bertz CT molecular complexity index is 671. The molecule has 1 aromatic carbocycles. The number of hydrogen-bond donors (Lipinski definition) is 0. The Balaban J connectivity index is 1.69. The summed E-state index contributed by atoms with van der Waals surface area (Å²) < 4.78 is 0. The predicted molar refractivity (Wildman–Crippen MR) is 84.0 cm³/mol. The third-order valence-corrected chi connectivity index (χ3v) is 5.25. The average Bonchev–Trinajstić information content (AvgIpc) is 3.06. The number of fused-ring (bicyclic) bond motifs is 3. The van der Waals surface area contributed by atoms with Crippen LogP contribution in [0.4, 0.5) is 5.69 Å². The number of benzene rings is 1. The number of nitro benzene ring substituents is 1. The minimum absolute atomic E-state index is 0.142. The highest BCUT2D eigenvalue weighted by Gasteiger charge is 2.42. The van der Waals surface area contributed by atoms with E-state index < -0.39 is 0 Å². The van der Waals surface area contributed by atoms with Crippen molar-refractivity contribution in [3.8, 4) is 0 Å². The zero-order valence-electron chi connectivity index (χ0n) is 11.4. The monoisotopic (exact) mass is 301 g/mol. The van der Waals surface area contributed by atoms with Crippen molar-refractivity contribution < 1.29 is 4.92 Å². The fraction of sp³-hybridized carbons (Fsp3) is 0.400. The zero-order valence-corrected chi connectivity index (χ0v) is 12.3. The van der Waals surface area contributed by atoms with Gasteiger partial charge in [-0.3, -0.25) is 15.1 Å². The lowest BCUT2D eigenvalue weighted by atomic mass is 9.90. The van der Waals surface area contributed by atoms with E-state index in [-0.39, 0.29) is 10.6 Å². The molecule has 1 aliphatic carbocycles. The molecular weight excluding hydrogens is 286 g/mol. The van der Waals surface area contributed by atoms with Crippen molar-refractivity contribution in [3.05, 3.63) is 45.4 Å². The SMILES string of the molecule is O=[N+]([O-])c1cccc(C2=CSC3=N[C@H]4CCCC[C@H]4N23)c1. The maximum Gasteiger partial charge on any atom is 0.270 e. The summed E-state index contributed by atoms with van der Waals surface area (Å²) in [6.07, 6.45) is 4.82. The predicted octanol–water partition coefficient (Wildman–Crippen LogP) is 3.62. The second-order valence-electron chi connectivity index (χ2n) is 5.63. The Morgan fingerprint density at radius 3 is 3.05 bits per heavy atom. The Morgan fingerprint density at radius 1 is 1.33 bits per heavy atom. The summed E-state index contributed by atoms with van der Waals surface area (Å²) in [5.41, 5.74) is 2.12. The maximum absolute atomic E-state index is 11.0. The van der Waals surface area contributed by atoms with Crippen molar-refractivity contribution in [2.45, 2.75) is 37.8 Å². The van der Waals surface area contributed by atoms with Crippen molar-refractivity contribution in [1.82, 2.24) is 4.90 Å². The van der Waals surface area contributed by atoms with Gasteiger partial charge in [-0.05, 0) is 12.8 Å². The molecule has 6 heteroatoms. The molecule has 0 saturated heterocycles. The smallest absolute Gasteiger partial charge is 0.270 e. The molecule has 0 unspecified atom stereocenters. The standard InChI is InChI=1S/C15H15N3O2S/c19-18(20)11-5-3-4-10(8-11)14-9-21-15-16-12-6-1-2-7-13(12)17(14)15/h3-5,8-9,12-13H,1-2,6-7H2/t12-,13+/m0/s1. The van der Waals surface area contributed by atoms with Gasteiger partial charge in [-0.1, -0.05) is 36.7 Å². The van der Waals surface area contributed by atoms with Gasteiger partial charge in [0.25, 0.3) is 5.69 Å². The van der Waals surface area contributed by atoms with Crippen molar-refractivity contribution in [3.63, 3.8) is 0 Å². The third-order valence-electron chi connectivity index (χ3n) is 4.40. The molecule has 21 heavy (non-hydrogen) atoms. The first-order valence-corrected chi connectivity index (χ1v) is 8.11. The van der Waals surface area contributed by atoms with Crippen LogP contribution in [0.5, 0.6) is 0 Å². The van der Waals surface area contributed by atoms with Crippen LogP contribution in [0.15, 0.2) is 34.7 Å². The number of amidine groups is 1. The summed E-state index contributed by atoms with van der Waals surface area (Å²) in [6.45, 7) is 0. The first-order chi connectivity index (χ1) is 10.2. The second kappa shape index (κ2) is 4.87. The zero-order chi connectivity index (χ0) is 14.4. The topological polar surface area (TPSA) is 58.7 Å². The lowest BCUT2D eigenvalue weighted by molar-refractivity contribution is -0.384. The second-order valence-corrected chi connectivity index (χ2v) is 6.47. The number of rotatable bonds is 2. The molecule has 1 saturated carbocycles. The van der Waals surface area contributed by atoms with E-state index in [2.05, 4.69) is 10.3 Å². The van der Waals surface area contributed by atoms with E-state index in [4.69, 9.17) is 4.99 Å². The van der Waals surface area contributed by atoms with E-state index in [9.17, 15) is 10.1 Å². The van der Waals surface area contributed by atoms with Crippen LogP contribution in [0.25, 0.3) is 5.70 Å². The summed E-state index contributed by atoms with van der Waals surface area (Å²) in [4.78, 5) is 17.8. The van der Waals surface area contributed by atoms with Gasteiger partial charge in [0.05, 0.1) is 22.7 Å². The number of hydrogen-bond acceptors (Lipinski definition) is 5. The fourth-order valence-corrected chi connectivity index (χ4v) is 4.42. The molecule has 4 rings (SSSR count). The normalized spacial score (nSPS) is 27.0. The molecule has 0 N–H and O–H groups in total. The average molecular weight is 301 g/mol. The summed E-state index contributed by atoms with van der Waals surface area (Å²) in [6, 6.07) is 7.74. The minimum atomic E-state index is -0.339. The van der Waals surface area contributed by atoms with Gasteiger partial charge in [0.1, 0.15) is 0 Å². The molecule has 1 aromatic rings. The van der Waals surface area contributed by atoms with Gasteiger partial charge < -0.3 is 4.90 Å². The van der Waals surface area contributed by atoms with Gasteiger partial charge in [-0.2, -0.15) is 0 Å². The molecule has 1 fully saturated rings. The van der Waals surface area contributed by atoms with E-state index >= 15 is 0 Å². The summed E-state index contributed by atoms with van der Waals surface area (Å²) in [7, 11) is 0. The van der Waals surface area contributed by atoms with Crippen LogP contribution >= 0.6 is 11.8 Å². The van der Waals surface area contributed by atoms with Crippen molar-refractivity contribution in [2.24, 2.45) is 4.99 Å². The number of aliphatic imine (C=N–C) groups is 1. The van der Waals surface area contributed by atoms with Crippen LogP contribution in [-0.2, 0) is 0 Å². The van der Waals surface area contributed by atoms with Crippen LogP contribution in [0, 0.1) is 10.1 Å². The first-order valence-electron chi connectivity index (χ1n) is 7.23. The molecular formula is C15H15N3O2S. The Kier molecular flexibility index (Phi) is 2.99. The minimum Gasteiger partial charge on any atom is -0.315 e. The van der Waals surface area contributed by atoms with Gasteiger partial charge in [-0.25, -0.2) is 0 Å². The van der Waals surface area contributed by atoms with Crippen LogP contribution in [0.2, 0.25) is 0 Å². The number of nitro groups is 1. The quantitative estimate of drug-likeness (QED) is 0.618. The Hall–Kier alpha value is -1.82. The molecule has 0 amide bonds. The van der Waals surface area contributed by atoms with Crippen molar-refractivity contribution >= 4 is 28.3 Å². The highest BCUT2D eigenvalue weighted by Crippen LogP contribution is 2.44. The van der Waals surface area contributed by atoms with Gasteiger partial charge in [0.2, 0.25) is 0 Å². The van der Waals surface area contributed by atoms with Crippen molar-refractivity contribution in [2.75, 3.05) is 0 Å². The highest BCUT2D eigenvalue weighted by molar-refractivity contribution is 8.16. The van der Waals surface area contributed by atoms with Gasteiger partial charge in [0, 0.05) is 23.1 Å². The van der Waals surface area contributed by atoms with Crippen molar-refractivity contribution in [1.29, 1.82) is 0 Å². The number of nitrogens with zero attached hydrogens (tertiary/aromatic N) is 3. The molecule has 108 valence electrons. The van der Waals surface area contributed by atoms with E-state index in [1.165, 1.54) is 18.9 Å². The van der Waals surface area contributed by atoms with E-state index in [1.807, 2.05) is 6.07 Å². The molecule has 3 aliphatic rings. The van der Waals surface area contributed by atoms with E-state index in [1.54, 1.807) is 23.9 Å². The molecule has 0 bridgehead atoms. The van der Waals surface area contributed by atoms with Crippen LogP contribution < -0.4 is 0 Å². The van der Waals surface area contributed by atoms with Gasteiger partial charge in [-0.15, -0.1) is 0 Å². The molecule has 0 radical (unpaired) electrons. The molecule has 0 spiro atoms. The third kappa shape index (κ3) is 2.05. The molecule has 5 nitrogen and oxygen atoms in total. The van der Waals surface area contributed by atoms with E-state index in [0.717, 1.165) is 29.3 Å². The van der Waals surface area contributed by atoms with E-state index in [0.29, 0.717) is 12.1 Å². The maximum atomic E-state index is 11.0. The summed E-state index contributed by atoms with van der Waals surface area (Å²) in [5.74, 6) is 0. The Labute approximate surface area is 126 Å². The molecule has 2 atom stereocenters. The summed E-state index contributed by atoms with van der Waals surface area (Å²) in [5, 5.41) is 14.1. The molecule has 2 heterocycles.